The predicted molar refractivity (Wildman–Crippen MR) is 77.3 cm³/mol. The molecule has 1 aliphatic rings. The lowest BCUT2D eigenvalue weighted by Gasteiger charge is -2.35. The van der Waals surface area contributed by atoms with E-state index in [2.05, 4.69) is 29.5 Å². The summed E-state index contributed by atoms with van der Waals surface area (Å²) < 4.78 is 0. The second-order valence-corrected chi connectivity index (χ2v) is 6.09. The van der Waals surface area contributed by atoms with E-state index in [1.165, 1.54) is 25.7 Å². The van der Waals surface area contributed by atoms with Crippen molar-refractivity contribution in [3.8, 4) is 0 Å². The third-order valence-electron chi connectivity index (χ3n) is 3.93. The zero-order chi connectivity index (χ0) is 13.9. The number of pyridine rings is 1. The number of carbonyl (C=O) groups is 1. The van der Waals surface area contributed by atoms with Crippen LogP contribution in [0.2, 0.25) is 0 Å². The number of anilines is 1. The molecule has 19 heavy (non-hydrogen) atoms. The summed E-state index contributed by atoms with van der Waals surface area (Å²) in [5.41, 5.74) is 1.92. The average Bonchev–Trinajstić information content (AvgIpc) is 2.41. The standard InChI is InChI=1S/C15H23N3O/c1-15(2)7-4-11(5-8-15)18-12-6-9-17-13(10-12)14(19)16-3/h6,9-11H,4-5,7-8H2,1-3H3,(H,16,19)(H,17,18). The summed E-state index contributed by atoms with van der Waals surface area (Å²) in [5.74, 6) is -0.145. The number of amides is 1. The average molecular weight is 261 g/mol. The van der Waals surface area contributed by atoms with Crippen LogP contribution in [-0.2, 0) is 0 Å². The number of nitrogens with one attached hydrogen (secondary N) is 2. The molecule has 1 amide bonds. The van der Waals surface area contributed by atoms with Crippen LogP contribution in [0.4, 0.5) is 5.69 Å². The lowest BCUT2D eigenvalue weighted by Crippen LogP contribution is -2.30. The molecule has 0 unspecified atom stereocenters. The molecule has 2 N–H and O–H groups in total. The summed E-state index contributed by atoms with van der Waals surface area (Å²) in [7, 11) is 1.62. The first kappa shape index (κ1) is 13.8. The maximum absolute atomic E-state index is 11.5. The maximum atomic E-state index is 11.5. The number of hydrogen-bond acceptors (Lipinski definition) is 3. The van der Waals surface area contributed by atoms with Gasteiger partial charge in [0.2, 0.25) is 0 Å². The quantitative estimate of drug-likeness (QED) is 0.879. The van der Waals surface area contributed by atoms with E-state index in [-0.39, 0.29) is 5.91 Å². The topological polar surface area (TPSA) is 54.0 Å². The zero-order valence-corrected chi connectivity index (χ0v) is 12.0. The highest BCUT2D eigenvalue weighted by molar-refractivity contribution is 5.92. The first-order valence-electron chi connectivity index (χ1n) is 6.95. The molecule has 104 valence electrons. The third-order valence-corrected chi connectivity index (χ3v) is 3.93. The van der Waals surface area contributed by atoms with Gasteiger partial charge in [-0.2, -0.15) is 0 Å². The van der Waals surface area contributed by atoms with E-state index in [1.807, 2.05) is 12.1 Å². The van der Waals surface area contributed by atoms with Crippen LogP contribution in [0.25, 0.3) is 0 Å². The summed E-state index contributed by atoms with van der Waals surface area (Å²) >= 11 is 0. The van der Waals surface area contributed by atoms with Gasteiger partial charge in [-0.3, -0.25) is 9.78 Å². The van der Waals surface area contributed by atoms with Crippen molar-refractivity contribution in [2.75, 3.05) is 12.4 Å². The van der Waals surface area contributed by atoms with Crippen LogP contribution in [-0.4, -0.2) is 24.0 Å². The molecule has 0 atom stereocenters. The molecule has 2 rings (SSSR count). The molecular formula is C15H23N3O. The van der Waals surface area contributed by atoms with Gasteiger partial charge in [0, 0.05) is 25.0 Å². The van der Waals surface area contributed by atoms with E-state index in [0.717, 1.165) is 5.69 Å². The molecular weight excluding hydrogens is 238 g/mol. The number of carbonyl (C=O) groups excluding carboxylic acids is 1. The van der Waals surface area contributed by atoms with E-state index < -0.39 is 0 Å². The van der Waals surface area contributed by atoms with Gasteiger partial charge in [-0.05, 0) is 43.2 Å². The molecule has 1 saturated carbocycles. The Morgan fingerprint density at radius 1 is 1.37 bits per heavy atom. The number of hydrogen-bond donors (Lipinski definition) is 2. The Labute approximate surface area is 115 Å². The SMILES string of the molecule is CNC(=O)c1cc(NC2CCC(C)(C)CC2)ccn1. The zero-order valence-electron chi connectivity index (χ0n) is 12.0. The smallest absolute Gasteiger partial charge is 0.269 e. The Bertz CT molecular complexity index is 446. The number of aromatic nitrogens is 1. The maximum Gasteiger partial charge on any atom is 0.269 e. The van der Waals surface area contributed by atoms with Gasteiger partial charge in [0.25, 0.3) is 5.91 Å². The molecule has 1 fully saturated rings. The minimum atomic E-state index is -0.145. The Kier molecular flexibility index (Phi) is 4.08. The van der Waals surface area contributed by atoms with E-state index in [0.29, 0.717) is 17.2 Å². The van der Waals surface area contributed by atoms with E-state index in [4.69, 9.17) is 0 Å². The summed E-state index contributed by atoms with van der Waals surface area (Å²) in [4.78, 5) is 15.6. The lowest BCUT2D eigenvalue weighted by molar-refractivity contribution is 0.0958. The van der Waals surface area contributed by atoms with Gasteiger partial charge in [-0.25, -0.2) is 0 Å². The Hall–Kier alpha value is -1.58. The van der Waals surface area contributed by atoms with Crippen LogP contribution in [0.3, 0.4) is 0 Å². The van der Waals surface area contributed by atoms with Gasteiger partial charge in [0.05, 0.1) is 0 Å². The Morgan fingerprint density at radius 2 is 2.05 bits per heavy atom. The molecule has 0 aliphatic heterocycles. The van der Waals surface area contributed by atoms with Crippen LogP contribution in [0.5, 0.6) is 0 Å². The van der Waals surface area contributed by atoms with Gasteiger partial charge in [-0.15, -0.1) is 0 Å². The molecule has 0 spiro atoms. The van der Waals surface area contributed by atoms with Crippen molar-refractivity contribution in [1.82, 2.24) is 10.3 Å². The summed E-state index contributed by atoms with van der Waals surface area (Å²) in [6, 6.07) is 4.25. The van der Waals surface area contributed by atoms with Gasteiger partial charge in [-0.1, -0.05) is 13.8 Å². The van der Waals surface area contributed by atoms with Crippen LogP contribution >= 0.6 is 0 Å². The minimum Gasteiger partial charge on any atom is -0.382 e. The fraction of sp³-hybridized carbons (Fsp3) is 0.600. The molecule has 4 heteroatoms. The van der Waals surface area contributed by atoms with Gasteiger partial charge < -0.3 is 10.6 Å². The molecule has 1 heterocycles. The summed E-state index contributed by atoms with van der Waals surface area (Å²) in [5, 5.41) is 6.11. The molecule has 1 aromatic heterocycles. The van der Waals surface area contributed by atoms with Crippen molar-refractivity contribution in [1.29, 1.82) is 0 Å². The van der Waals surface area contributed by atoms with Crippen LogP contribution in [0.15, 0.2) is 18.3 Å². The van der Waals surface area contributed by atoms with E-state index >= 15 is 0 Å². The number of nitrogens with zero attached hydrogens (tertiary/aromatic N) is 1. The molecule has 0 bridgehead atoms. The van der Waals surface area contributed by atoms with Crippen molar-refractivity contribution in [2.45, 2.75) is 45.6 Å². The summed E-state index contributed by atoms with van der Waals surface area (Å²) in [6.07, 6.45) is 6.55. The van der Waals surface area contributed by atoms with Crippen molar-refractivity contribution in [3.05, 3.63) is 24.0 Å². The Balaban J connectivity index is 1.98. The predicted octanol–water partition coefficient (Wildman–Crippen LogP) is 2.82. The monoisotopic (exact) mass is 261 g/mol. The highest BCUT2D eigenvalue weighted by atomic mass is 16.1. The van der Waals surface area contributed by atoms with E-state index in [1.54, 1.807) is 13.2 Å². The van der Waals surface area contributed by atoms with Crippen LogP contribution in [0.1, 0.15) is 50.0 Å². The fourth-order valence-electron chi connectivity index (χ4n) is 2.55. The van der Waals surface area contributed by atoms with Crippen LogP contribution < -0.4 is 10.6 Å². The molecule has 0 saturated heterocycles. The minimum absolute atomic E-state index is 0.145. The first-order valence-corrected chi connectivity index (χ1v) is 6.95. The highest BCUT2D eigenvalue weighted by Gasteiger charge is 2.26. The van der Waals surface area contributed by atoms with Crippen LogP contribution in [0, 0.1) is 5.41 Å². The van der Waals surface area contributed by atoms with Gasteiger partial charge in [0.1, 0.15) is 5.69 Å². The summed E-state index contributed by atoms with van der Waals surface area (Å²) in [6.45, 7) is 4.67. The molecule has 0 aromatic carbocycles. The Morgan fingerprint density at radius 3 is 2.68 bits per heavy atom. The van der Waals surface area contributed by atoms with Crippen molar-refractivity contribution >= 4 is 11.6 Å². The second kappa shape index (κ2) is 5.59. The molecule has 1 aromatic rings. The fourth-order valence-corrected chi connectivity index (χ4v) is 2.55. The molecule has 0 radical (unpaired) electrons. The largest absolute Gasteiger partial charge is 0.382 e. The second-order valence-electron chi connectivity index (χ2n) is 6.09. The normalized spacial score (nSPS) is 18.9. The molecule has 4 nitrogen and oxygen atoms in total. The first-order chi connectivity index (χ1) is 9.00. The van der Waals surface area contributed by atoms with Crippen molar-refractivity contribution in [3.63, 3.8) is 0 Å². The van der Waals surface area contributed by atoms with E-state index in [9.17, 15) is 4.79 Å². The van der Waals surface area contributed by atoms with Crippen molar-refractivity contribution < 1.29 is 4.79 Å². The lowest BCUT2D eigenvalue weighted by atomic mass is 9.75. The van der Waals surface area contributed by atoms with Gasteiger partial charge >= 0.3 is 0 Å². The number of rotatable bonds is 3. The van der Waals surface area contributed by atoms with Crippen molar-refractivity contribution in [2.24, 2.45) is 5.41 Å². The third kappa shape index (κ3) is 3.69. The molecule has 1 aliphatic carbocycles. The van der Waals surface area contributed by atoms with Gasteiger partial charge in [0.15, 0.2) is 0 Å². The highest BCUT2D eigenvalue weighted by Crippen LogP contribution is 2.36.